The number of halogens is 1. The van der Waals surface area contributed by atoms with E-state index in [-0.39, 0.29) is 5.69 Å². The number of likely N-dealkylation sites (N-methyl/N-ethyl adjacent to an activating group) is 1. The average molecular weight is 336 g/mol. The van der Waals surface area contributed by atoms with Crippen LogP contribution in [0.5, 0.6) is 0 Å². The van der Waals surface area contributed by atoms with Gasteiger partial charge in [-0.3, -0.25) is 0 Å². The minimum Gasteiger partial charge on any atom is -0.476 e. The van der Waals surface area contributed by atoms with Crippen molar-refractivity contribution in [1.29, 1.82) is 0 Å². The van der Waals surface area contributed by atoms with Gasteiger partial charge in [-0.05, 0) is 18.7 Å². The van der Waals surface area contributed by atoms with Crippen LogP contribution in [0.1, 0.15) is 17.4 Å². The smallest absolute Gasteiger partial charge is 0.360 e. The summed E-state index contributed by atoms with van der Waals surface area (Å²) in [5.41, 5.74) is 0.518. The molecule has 23 heavy (non-hydrogen) atoms. The molecule has 1 aliphatic rings. The summed E-state index contributed by atoms with van der Waals surface area (Å²) in [5, 5.41) is 18.4. The number of para-hydroxylation sites is 1. The van der Waals surface area contributed by atoms with E-state index in [4.69, 9.17) is 11.6 Å². The van der Waals surface area contributed by atoms with Gasteiger partial charge in [-0.2, -0.15) is 0 Å². The van der Waals surface area contributed by atoms with Crippen LogP contribution in [0.4, 0.5) is 5.82 Å². The molecule has 0 radical (unpaired) electrons. The Morgan fingerprint density at radius 2 is 1.91 bits per heavy atom. The van der Waals surface area contributed by atoms with Crippen molar-refractivity contribution in [3.05, 3.63) is 35.0 Å². The second-order valence-electron chi connectivity index (χ2n) is 5.34. The lowest BCUT2D eigenvalue weighted by molar-refractivity contribution is 0.0690. The quantitative estimate of drug-likeness (QED) is 0.917. The van der Waals surface area contributed by atoms with Crippen molar-refractivity contribution < 1.29 is 9.90 Å². The molecule has 2 aromatic rings. The van der Waals surface area contributed by atoms with Gasteiger partial charge in [-0.25, -0.2) is 4.79 Å². The second-order valence-corrected chi connectivity index (χ2v) is 5.75. The van der Waals surface area contributed by atoms with E-state index in [1.807, 2.05) is 11.0 Å². The molecular weight excluding hydrogens is 318 g/mol. The van der Waals surface area contributed by atoms with Crippen LogP contribution in [0.25, 0.3) is 5.69 Å². The van der Waals surface area contributed by atoms with Crippen molar-refractivity contribution in [1.82, 2.24) is 19.9 Å². The molecule has 0 spiro atoms. The Bertz CT molecular complexity index is 710. The van der Waals surface area contributed by atoms with Gasteiger partial charge in [0.15, 0.2) is 5.82 Å². The van der Waals surface area contributed by atoms with E-state index >= 15 is 0 Å². The Morgan fingerprint density at radius 3 is 2.52 bits per heavy atom. The van der Waals surface area contributed by atoms with Gasteiger partial charge in [0.05, 0.1) is 5.02 Å². The average Bonchev–Trinajstić information content (AvgIpc) is 3.01. The fourth-order valence-corrected chi connectivity index (χ4v) is 2.86. The van der Waals surface area contributed by atoms with E-state index in [0.717, 1.165) is 32.7 Å². The number of hydrogen-bond acceptors (Lipinski definition) is 5. The third kappa shape index (κ3) is 3.16. The van der Waals surface area contributed by atoms with E-state index in [0.29, 0.717) is 16.5 Å². The molecule has 1 aromatic carbocycles. The number of piperazine rings is 1. The molecule has 2 heterocycles. The first-order valence-corrected chi connectivity index (χ1v) is 7.90. The SMILES string of the molecule is CCN1CCN(c2nn(-c3ccccc3Cl)nc2C(=O)O)CC1. The lowest BCUT2D eigenvalue weighted by Gasteiger charge is -2.34. The molecule has 7 nitrogen and oxygen atoms in total. The molecule has 0 aliphatic carbocycles. The van der Waals surface area contributed by atoms with Crippen LogP contribution < -0.4 is 4.90 Å². The number of hydrogen-bond donors (Lipinski definition) is 1. The molecule has 8 heteroatoms. The second kappa shape index (κ2) is 6.55. The molecule has 122 valence electrons. The van der Waals surface area contributed by atoms with Crippen LogP contribution in [0.3, 0.4) is 0 Å². The van der Waals surface area contributed by atoms with Crippen molar-refractivity contribution in [2.75, 3.05) is 37.6 Å². The van der Waals surface area contributed by atoms with Crippen molar-refractivity contribution >= 4 is 23.4 Å². The summed E-state index contributed by atoms with van der Waals surface area (Å²) in [6.45, 7) is 6.34. The van der Waals surface area contributed by atoms with Crippen LogP contribution in [-0.4, -0.2) is 63.7 Å². The number of aromatic carboxylic acids is 1. The maximum atomic E-state index is 11.5. The van der Waals surface area contributed by atoms with Gasteiger partial charge in [0.1, 0.15) is 5.69 Å². The van der Waals surface area contributed by atoms with E-state index < -0.39 is 5.97 Å². The van der Waals surface area contributed by atoms with Crippen LogP contribution >= 0.6 is 11.6 Å². The lowest BCUT2D eigenvalue weighted by Crippen LogP contribution is -2.46. The Morgan fingerprint density at radius 1 is 1.22 bits per heavy atom. The highest BCUT2D eigenvalue weighted by Crippen LogP contribution is 2.23. The number of aromatic nitrogens is 3. The largest absolute Gasteiger partial charge is 0.476 e. The van der Waals surface area contributed by atoms with Crippen molar-refractivity contribution in [3.8, 4) is 5.69 Å². The van der Waals surface area contributed by atoms with Crippen LogP contribution in [0.2, 0.25) is 5.02 Å². The molecule has 1 fully saturated rings. The molecule has 0 saturated carbocycles. The number of nitrogens with zero attached hydrogens (tertiary/aromatic N) is 5. The number of carboxylic acid groups (broad SMARTS) is 1. The van der Waals surface area contributed by atoms with Gasteiger partial charge >= 0.3 is 5.97 Å². The first-order valence-electron chi connectivity index (χ1n) is 7.53. The zero-order valence-corrected chi connectivity index (χ0v) is 13.6. The number of benzene rings is 1. The molecular formula is C15H18ClN5O2. The summed E-state index contributed by atoms with van der Waals surface area (Å²) >= 11 is 6.16. The van der Waals surface area contributed by atoms with E-state index in [1.54, 1.807) is 18.2 Å². The lowest BCUT2D eigenvalue weighted by atomic mass is 10.3. The third-order valence-corrected chi connectivity index (χ3v) is 4.31. The molecule has 0 atom stereocenters. The van der Waals surface area contributed by atoms with Gasteiger partial charge in [-0.1, -0.05) is 30.7 Å². The standard InChI is InChI=1S/C15H18ClN5O2/c1-2-19-7-9-20(10-8-19)14-13(15(22)23)17-21(18-14)12-6-4-3-5-11(12)16/h3-6H,2,7-10H2,1H3,(H,22,23). The maximum absolute atomic E-state index is 11.5. The topological polar surface area (TPSA) is 74.5 Å². The highest BCUT2D eigenvalue weighted by Gasteiger charge is 2.26. The monoisotopic (exact) mass is 335 g/mol. The van der Waals surface area contributed by atoms with Crippen LogP contribution in [-0.2, 0) is 0 Å². The minimum absolute atomic E-state index is 0.0464. The maximum Gasteiger partial charge on any atom is 0.360 e. The Hall–Kier alpha value is -2.12. The van der Waals surface area contributed by atoms with Crippen LogP contribution in [0, 0.1) is 0 Å². The summed E-state index contributed by atoms with van der Waals surface area (Å²) in [6, 6.07) is 7.09. The van der Waals surface area contributed by atoms with E-state index in [9.17, 15) is 9.90 Å². The van der Waals surface area contributed by atoms with Crippen LogP contribution in [0.15, 0.2) is 24.3 Å². The van der Waals surface area contributed by atoms with Crippen molar-refractivity contribution in [3.63, 3.8) is 0 Å². The highest BCUT2D eigenvalue weighted by atomic mass is 35.5. The van der Waals surface area contributed by atoms with Gasteiger partial charge < -0.3 is 14.9 Å². The molecule has 3 rings (SSSR count). The summed E-state index contributed by atoms with van der Waals surface area (Å²) in [5.74, 6) is -0.690. The number of rotatable bonds is 4. The molecule has 0 bridgehead atoms. The molecule has 1 aliphatic heterocycles. The summed E-state index contributed by atoms with van der Waals surface area (Å²) in [6.07, 6.45) is 0. The zero-order valence-electron chi connectivity index (χ0n) is 12.8. The Labute approximate surface area is 139 Å². The number of carbonyl (C=O) groups is 1. The fourth-order valence-electron chi connectivity index (χ4n) is 2.65. The van der Waals surface area contributed by atoms with Gasteiger partial charge in [-0.15, -0.1) is 15.0 Å². The Kier molecular flexibility index (Phi) is 4.49. The molecule has 1 N–H and O–H groups in total. The zero-order chi connectivity index (χ0) is 16.4. The normalized spacial score (nSPS) is 15.8. The number of carboxylic acids is 1. The summed E-state index contributed by atoms with van der Waals surface area (Å²) in [4.78, 5) is 17.1. The van der Waals surface area contributed by atoms with E-state index in [2.05, 4.69) is 22.0 Å². The Balaban J connectivity index is 1.94. The molecule has 0 unspecified atom stereocenters. The van der Waals surface area contributed by atoms with Crippen molar-refractivity contribution in [2.45, 2.75) is 6.92 Å². The summed E-state index contributed by atoms with van der Waals surface area (Å²) in [7, 11) is 0. The fraction of sp³-hybridized carbons (Fsp3) is 0.400. The first kappa shape index (κ1) is 15.8. The predicted octanol–water partition coefficient (Wildman–Crippen LogP) is 1.76. The van der Waals surface area contributed by atoms with Gasteiger partial charge in [0.25, 0.3) is 0 Å². The third-order valence-electron chi connectivity index (χ3n) is 3.99. The molecule has 1 saturated heterocycles. The van der Waals surface area contributed by atoms with Gasteiger partial charge in [0.2, 0.25) is 5.69 Å². The van der Waals surface area contributed by atoms with E-state index in [1.165, 1.54) is 4.80 Å². The number of anilines is 1. The molecule has 0 amide bonds. The summed E-state index contributed by atoms with van der Waals surface area (Å²) < 4.78 is 0. The van der Waals surface area contributed by atoms with Crippen molar-refractivity contribution in [2.24, 2.45) is 0 Å². The van der Waals surface area contributed by atoms with Gasteiger partial charge in [0, 0.05) is 26.2 Å². The first-order chi connectivity index (χ1) is 11.1. The highest BCUT2D eigenvalue weighted by molar-refractivity contribution is 6.32. The minimum atomic E-state index is -1.09. The predicted molar refractivity (Wildman–Crippen MR) is 87.7 cm³/mol. The molecule has 1 aromatic heterocycles.